The Kier molecular flexibility index (Phi) is 3.57. The first-order valence-corrected chi connectivity index (χ1v) is 9.85. The molecule has 3 heterocycles. The summed E-state index contributed by atoms with van der Waals surface area (Å²) >= 11 is 1.50. The maximum absolute atomic E-state index is 12.6. The largest absolute Gasteiger partial charge is 0.493 e. The van der Waals surface area contributed by atoms with Crippen LogP contribution in [-0.4, -0.2) is 30.6 Å². The molecule has 2 fully saturated rings. The van der Waals surface area contributed by atoms with E-state index in [9.17, 15) is 4.79 Å². The van der Waals surface area contributed by atoms with E-state index in [1.165, 1.54) is 16.9 Å². The lowest BCUT2D eigenvalue weighted by atomic mass is 9.92. The number of ether oxygens (including phenoxy) is 1. The third kappa shape index (κ3) is 2.73. The number of carbonyl (C=O) groups excluding carboxylic acids is 1. The molecule has 0 radical (unpaired) electrons. The van der Waals surface area contributed by atoms with Crippen molar-refractivity contribution >= 4 is 22.4 Å². The number of nitrogens with zero attached hydrogens (tertiary/aromatic N) is 1. The van der Waals surface area contributed by atoms with Crippen molar-refractivity contribution in [3.05, 3.63) is 29.1 Å². The average Bonchev–Trinajstić information content (AvgIpc) is 3.01. The van der Waals surface area contributed by atoms with Crippen LogP contribution in [0.15, 0.2) is 23.6 Å². The minimum atomic E-state index is 0.144. The highest BCUT2D eigenvalue weighted by Crippen LogP contribution is 2.58. The van der Waals surface area contributed by atoms with Crippen molar-refractivity contribution in [2.75, 3.05) is 25.0 Å². The van der Waals surface area contributed by atoms with Crippen LogP contribution in [0.3, 0.4) is 0 Å². The monoisotopic (exact) mass is 355 g/mol. The van der Waals surface area contributed by atoms with E-state index >= 15 is 0 Å². The normalized spacial score (nSPS) is 23.1. The SMILES string of the molecule is O=C(Nc1nc(-c2ccc3c(c2)CCO3)cs1)C1CC12CCNCC2. The van der Waals surface area contributed by atoms with Crippen molar-refractivity contribution in [2.24, 2.45) is 11.3 Å². The molecule has 5 nitrogen and oxygen atoms in total. The van der Waals surface area contributed by atoms with Gasteiger partial charge in [0.15, 0.2) is 5.13 Å². The number of hydrogen-bond donors (Lipinski definition) is 2. The third-order valence-electron chi connectivity index (χ3n) is 5.83. The van der Waals surface area contributed by atoms with E-state index < -0.39 is 0 Å². The molecule has 130 valence electrons. The van der Waals surface area contributed by atoms with Crippen molar-refractivity contribution in [2.45, 2.75) is 25.7 Å². The van der Waals surface area contributed by atoms with Gasteiger partial charge in [-0.2, -0.15) is 0 Å². The summed E-state index contributed by atoms with van der Waals surface area (Å²) in [5.74, 6) is 1.29. The summed E-state index contributed by atoms with van der Waals surface area (Å²) in [7, 11) is 0. The third-order valence-corrected chi connectivity index (χ3v) is 6.58. The van der Waals surface area contributed by atoms with Gasteiger partial charge in [-0.25, -0.2) is 4.98 Å². The minimum Gasteiger partial charge on any atom is -0.493 e. The summed E-state index contributed by atoms with van der Waals surface area (Å²) in [5, 5.41) is 9.13. The Morgan fingerprint density at radius 2 is 2.24 bits per heavy atom. The molecule has 1 aliphatic carbocycles. The van der Waals surface area contributed by atoms with E-state index in [1.807, 2.05) is 17.5 Å². The summed E-state index contributed by atoms with van der Waals surface area (Å²) in [6.45, 7) is 2.83. The van der Waals surface area contributed by atoms with E-state index in [-0.39, 0.29) is 17.2 Å². The number of anilines is 1. The summed E-state index contributed by atoms with van der Waals surface area (Å²) in [4.78, 5) is 17.2. The van der Waals surface area contributed by atoms with Crippen molar-refractivity contribution < 1.29 is 9.53 Å². The van der Waals surface area contributed by atoms with Crippen LogP contribution in [-0.2, 0) is 11.2 Å². The Balaban J connectivity index is 1.28. The Morgan fingerprint density at radius 3 is 3.12 bits per heavy atom. The molecular formula is C19H21N3O2S. The zero-order valence-electron chi connectivity index (χ0n) is 14.0. The molecule has 25 heavy (non-hydrogen) atoms. The van der Waals surface area contributed by atoms with Crippen molar-refractivity contribution in [1.29, 1.82) is 0 Å². The summed E-state index contributed by atoms with van der Waals surface area (Å²) < 4.78 is 5.56. The van der Waals surface area contributed by atoms with Crippen LogP contribution in [0.5, 0.6) is 5.75 Å². The van der Waals surface area contributed by atoms with Crippen LogP contribution in [0.4, 0.5) is 5.13 Å². The minimum absolute atomic E-state index is 0.144. The van der Waals surface area contributed by atoms with Gasteiger partial charge in [0.2, 0.25) is 5.91 Å². The predicted octanol–water partition coefficient (Wildman–Crippen LogP) is 3.07. The average molecular weight is 355 g/mol. The first-order valence-electron chi connectivity index (χ1n) is 8.97. The maximum Gasteiger partial charge on any atom is 0.229 e. The Morgan fingerprint density at radius 1 is 1.36 bits per heavy atom. The van der Waals surface area contributed by atoms with Crippen LogP contribution < -0.4 is 15.4 Å². The Labute approximate surface area is 150 Å². The zero-order chi connectivity index (χ0) is 16.9. The fraction of sp³-hybridized carbons (Fsp3) is 0.474. The molecule has 1 aromatic carbocycles. The molecule has 3 aliphatic rings. The number of aromatic nitrogens is 1. The number of piperidine rings is 1. The molecule has 1 spiro atoms. The number of amides is 1. The molecule has 6 heteroatoms. The highest BCUT2D eigenvalue weighted by Gasteiger charge is 2.57. The molecule has 0 bridgehead atoms. The number of fused-ring (bicyclic) bond motifs is 1. The highest BCUT2D eigenvalue weighted by atomic mass is 32.1. The van der Waals surface area contributed by atoms with Gasteiger partial charge in [-0.1, -0.05) is 0 Å². The fourth-order valence-corrected chi connectivity index (χ4v) is 4.92. The lowest BCUT2D eigenvalue weighted by Gasteiger charge is -2.22. The topological polar surface area (TPSA) is 63.2 Å². The predicted molar refractivity (Wildman–Crippen MR) is 98.0 cm³/mol. The van der Waals surface area contributed by atoms with Gasteiger partial charge in [-0.15, -0.1) is 11.3 Å². The second-order valence-corrected chi connectivity index (χ2v) is 8.18. The number of carbonyl (C=O) groups is 1. The lowest BCUT2D eigenvalue weighted by Crippen LogP contribution is -2.31. The molecule has 1 saturated carbocycles. The van der Waals surface area contributed by atoms with E-state index in [0.717, 1.165) is 62.4 Å². The van der Waals surface area contributed by atoms with Gasteiger partial charge < -0.3 is 15.4 Å². The summed E-state index contributed by atoms with van der Waals surface area (Å²) in [6, 6.07) is 6.20. The maximum atomic E-state index is 12.6. The molecule has 2 aromatic rings. The summed E-state index contributed by atoms with van der Waals surface area (Å²) in [6.07, 6.45) is 4.22. The van der Waals surface area contributed by atoms with E-state index in [4.69, 9.17) is 4.74 Å². The molecule has 2 aliphatic heterocycles. The number of benzene rings is 1. The lowest BCUT2D eigenvalue weighted by molar-refractivity contribution is -0.118. The van der Waals surface area contributed by atoms with Crippen molar-refractivity contribution in [3.8, 4) is 17.0 Å². The Hall–Kier alpha value is -1.92. The quantitative estimate of drug-likeness (QED) is 0.888. The first kappa shape index (κ1) is 15.3. The van der Waals surface area contributed by atoms with Gasteiger partial charge in [0.05, 0.1) is 12.3 Å². The smallest absolute Gasteiger partial charge is 0.229 e. The standard InChI is InChI=1S/C19H21N3O2S/c23-17(14-10-19(14)4-6-20-7-5-19)22-18-21-15(11-25-18)12-1-2-16-13(9-12)3-8-24-16/h1-2,9,11,14,20H,3-8,10H2,(H,21,22,23). The van der Waals surface area contributed by atoms with Gasteiger partial charge in [0.25, 0.3) is 0 Å². The van der Waals surface area contributed by atoms with Crippen LogP contribution in [0.25, 0.3) is 11.3 Å². The number of thiazole rings is 1. The second kappa shape index (κ2) is 5.81. The zero-order valence-corrected chi connectivity index (χ0v) is 14.8. The molecule has 1 amide bonds. The molecular weight excluding hydrogens is 334 g/mol. The number of hydrogen-bond acceptors (Lipinski definition) is 5. The molecule has 1 atom stereocenters. The van der Waals surface area contributed by atoms with Gasteiger partial charge in [-0.3, -0.25) is 4.79 Å². The first-order chi connectivity index (χ1) is 12.2. The van der Waals surface area contributed by atoms with Gasteiger partial charge in [0.1, 0.15) is 5.75 Å². The number of rotatable bonds is 3. The number of nitrogens with one attached hydrogen (secondary N) is 2. The molecule has 1 unspecified atom stereocenters. The fourth-order valence-electron chi connectivity index (χ4n) is 4.20. The van der Waals surface area contributed by atoms with E-state index in [2.05, 4.69) is 21.7 Å². The van der Waals surface area contributed by atoms with Crippen LogP contribution in [0, 0.1) is 11.3 Å². The molecule has 2 N–H and O–H groups in total. The molecule has 1 saturated heterocycles. The van der Waals surface area contributed by atoms with Crippen LogP contribution >= 0.6 is 11.3 Å². The Bertz CT molecular complexity index is 826. The van der Waals surface area contributed by atoms with Crippen LogP contribution in [0.2, 0.25) is 0 Å². The molecule has 1 aromatic heterocycles. The van der Waals surface area contributed by atoms with E-state index in [1.54, 1.807) is 0 Å². The van der Waals surface area contributed by atoms with E-state index in [0.29, 0.717) is 5.13 Å². The molecule has 5 rings (SSSR count). The van der Waals surface area contributed by atoms with Crippen LogP contribution in [0.1, 0.15) is 24.8 Å². The summed E-state index contributed by atoms with van der Waals surface area (Å²) in [5.41, 5.74) is 3.50. The van der Waals surface area contributed by atoms with Gasteiger partial charge in [-0.05, 0) is 61.5 Å². The van der Waals surface area contributed by atoms with Crippen molar-refractivity contribution in [1.82, 2.24) is 10.3 Å². The second-order valence-electron chi connectivity index (χ2n) is 7.32. The highest BCUT2D eigenvalue weighted by molar-refractivity contribution is 7.14. The van der Waals surface area contributed by atoms with Gasteiger partial charge in [0, 0.05) is 23.3 Å². The van der Waals surface area contributed by atoms with Gasteiger partial charge >= 0.3 is 0 Å². The van der Waals surface area contributed by atoms with Crippen molar-refractivity contribution in [3.63, 3.8) is 0 Å².